The van der Waals surface area contributed by atoms with Crippen LogP contribution in [0.2, 0.25) is 12.5 Å². The Hall–Kier alpha value is 0.350. The third kappa shape index (κ3) is 1.44. The molecule has 0 nitrogen and oxygen atoms in total. The van der Waals surface area contributed by atoms with Gasteiger partial charge in [-0.1, -0.05) is 0 Å². The van der Waals surface area contributed by atoms with Crippen molar-refractivity contribution in [2.24, 2.45) is 0 Å². The SMILES string of the molecule is CC1=C(C)[C](C)([Hf]([CH3])[CH3])C(C)=C1C. The summed E-state index contributed by atoms with van der Waals surface area (Å²) in [6.07, 6.45) is 0. The first-order valence-corrected chi connectivity index (χ1v) is 14.0. The van der Waals surface area contributed by atoms with Gasteiger partial charge in [0, 0.05) is 0 Å². The molecule has 0 radical (unpaired) electrons. The summed E-state index contributed by atoms with van der Waals surface area (Å²) in [6, 6.07) is 0. The molecule has 1 aliphatic rings. The van der Waals surface area contributed by atoms with E-state index in [1.165, 1.54) is 0 Å². The molecule has 0 heterocycles. The van der Waals surface area contributed by atoms with E-state index < -0.39 is 21.4 Å². The monoisotopic (exact) mass is 345 g/mol. The van der Waals surface area contributed by atoms with Gasteiger partial charge >= 0.3 is 90.9 Å². The Kier molecular flexibility index (Phi) is 3.07. The van der Waals surface area contributed by atoms with Gasteiger partial charge in [0.1, 0.15) is 0 Å². The van der Waals surface area contributed by atoms with Crippen LogP contribution in [0.5, 0.6) is 0 Å². The van der Waals surface area contributed by atoms with Crippen LogP contribution in [-0.4, -0.2) is 0 Å². The van der Waals surface area contributed by atoms with E-state index in [-0.39, 0.29) is 0 Å². The van der Waals surface area contributed by atoms with Crippen LogP contribution < -0.4 is 0 Å². The van der Waals surface area contributed by atoms with Gasteiger partial charge in [0.25, 0.3) is 0 Å². The summed E-state index contributed by atoms with van der Waals surface area (Å²) in [6.45, 7) is 11.7. The normalized spacial score (nSPS) is 21.5. The molecule has 0 spiro atoms. The van der Waals surface area contributed by atoms with E-state index in [4.69, 9.17) is 0 Å². The fourth-order valence-corrected chi connectivity index (χ4v) is 9.08. The van der Waals surface area contributed by atoms with Gasteiger partial charge in [-0.2, -0.15) is 0 Å². The van der Waals surface area contributed by atoms with Crippen LogP contribution >= 0.6 is 0 Å². The summed E-state index contributed by atoms with van der Waals surface area (Å²) >= 11 is -1.36. The first-order valence-electron chi connectivity index (χ1n) is 5.00. The Labute approximate surface area is 90.6 Å². The molecule has 0 aromatic heterocycles. The molecule has 0 unspecified atom stereocenters. The number of allylic oxidation sites excluding steroid dienone is 4. The molecule has 0 aromatic carbocycles. The van der Waals surface area contributed by atoms with Crippen molar-refractivity contribution in [3.8, 4) is 0 Å². The van der Waals surface area contributed by atoms with Crippen molar-refractivity contribution in [2.45, 2.75) is 47.2 Å². The van der Waals surface area contributed by atoms with Gasteiger partial charge in [-0.15, -0.1) is 0 Å². The van der Waals surface area contributed by atoms with E-state index in [0.29, 0.717) is 3.17 Å². The van der Waals surface area contributed by atoms with Crippen molar-refractivity contribution >= 4 is 0 Å². The first-order chi connectivity index (χ1) is 5.83. The molecule has 13 heavy (non-hydrogen) atoms. The third-order valence-electron chi connectivity index (χ3n) is 4.19. The first kappa shape index (κ1) is 11.4. The second-order valence-corrected chi connectivity index (χ2v) is 15.4. The molecular formula is C12H21Hf. The zero-order valence-electron chi connectivity index (χ0n) is 10.0. The summed E-state index contributed by atoms with van der Waals surface area (Å²) in [4.78, 5) is 0. The zero-order chi connectivity index (χ0) is 10.4. The van der Waals surface area contributed by atoms with E-state index in [1.807, 2.05) is 0 Å². The molecule has 1 heteroatoms. The summed E-state index contributed by atoms with van der Waals surface area (Å²) in [5.41, 5.74) is 6.45. The van der Waals surface area contributed by atoms with Crippen molar-refractivity contribution in [2.75, 3.05) is 0 Å². The predicted molar refractivity (Wildman–Crippen MR) is 56.8 cm³/mol. The Bertz CT molecular complexity index is 268. The van der Waals surface area contributed by atoms with Crippen LogP contribution in [0.15, 0.2) is 22.3 Å². The van der Waals surface area contributed by atoms with Crippen LogP contribution in [0.3, 0.4) is 0 Å². The van der Waals surface area contributed by atoms with Crippen molar-refractivity contribution in [1.82, 2.24) is 0 Å². The Morgan fingerprint density at radius 3 is 1.31 bits per heavy atom. The fourth-order valence-electron chi connectivity index (χ4n) is 2.34. The van der Waals surface area contributed by atoms with Crippen LogP contribution in [-0.2, 0) is 21.4 Å². The number of hydrogen-bond donors (Lipinski definition) is 0. The van der Waals surface area contributed by atoms with Crippen molar-refractivity contribution < 1.29 is 21.4 Å². The summed E-state index contributed by atoms with van der Waals surface area (Å²) in [5.74, 6) is 0. The minimum atomic E-state index is -1.36. The predicted octanol–water partition coefficient (Wildman–Crippen LogP) is 4.57. The Balaban J connectivity index is 3.31. The molecule has 0 amide bonds. The minimum absolute atomic E-state index is 0.527. The molecule has 0 saturated heterocycles. The molecule has 73 valence electrons. The molecule has 1 aliphatic carbocycles. The summed E-state index contributed by atoms with van der Waals surface area (Å²) in [7, 11) is 0. The van der Waals surface area contributed by atoms with Gasteiger partial charge in [-0.3, -0.25) is 0 Å². The molecule has 0 N–H and O–H groups in total. The summed E-state index contributed by atoms with van der Waals surface area (Å²) < 4.78 is 5.59. The molecule has 0 fully saturated rings. The fraction of sp³-hybridized carbons (Fsp3) is 0.667. The molecular weight excluding hydrogens is 323 g/mol. The van der Waals surface area contributed by atoms with E-state index in [0.717, 1.165) is 0 Å². The van der Waals surface area contributed by atoms with Crippen LogP contribution in [0.25, 0.3) is 0 Å². The van der Waals surface area contributed by atoms with E-state index >= 15 is 0 Å². The van der Waals surface area contributed by atoms with Gasteiger partial charge < -0.3 is 0 Å². The van der Waals surface area contributed by atoms with Crippen molar-refractivity contribution in [1.29, 1.82) is 0 Å². The van der Waals surface area contributed by atoms with E-state index in [9.17, 15) is 0 Å². The van der Waals surface area contributed by atoms with Gasteiger partial charge in [-0.25, -0.2) is 0 Å². The standard InChI is InChI=1S/C10H15.2CH3.Hf/c1-6-7(2)9(4)10(5)8(6)3;;;/h1-5H3;2*1H3;. The molecule has 0 atom stereocenters. The zero-order valence-corrected chi connectivity index (χ0v) is 13.6. The maximum atomic E-state index is 2.53. The van der Waals surface area contributed by atoms with Gasteiger partial charge in [0.05, 0.1) is 0 Å². The van der Waals surface area contributed by atoms with E-state index in [1.54, 1.807) is 22.3 Å². The van der Waals surface area contributed by atoms with Crippen molar-refractivity contribution in [3.05, 3.63) is 22.3 Å². The van der Waals surface area contributed by atoms with Gasteiger partial charge in [0.2, 0.25) is 0 Å². The van der Waals surface area contributed by atoms with Crippen LogP contribution in [0.1, 0.15) is 34.6 Å². The molecule has 0 saturated carbocycles. The number of rotatable bonds is 1. The number of hydrogen-bond acceptors (Lipinski definition) is 0. The average Bonchev–Trinajstić information content (AvgIpc) is 2.22. The van der Waals surface area contributed by atoms with Gasteiger partial charge in [-0.05, 0) is 0 Å². The van der Waals surface area contributed by atoms with Crippen LogP contribution in [0, 0.1) is 0 Å². The van der Waals surface area contributed by atoms with Crippen LogP contribution in [0.4, 0.5) is 0 Å². The average molecular weight is 344 g/mol. The molecule has 0 aliphatic heterocycles. The third-order valence-corrected chi connectivity index (χ3v) is 14.1. The van der Waals surface area contributed by atoms with Crippen molar-refractivity contribution in [3.63, 3.8) is 0 Å². The maximum absolute atomic E-state index is 2.53. The molecule has 0 bridgehead atoms. The molecule has 0 aromatic rings. The summed E-state index contributed by atoms with van der Waals surface area (Å²) in [5, 5.41) is 0. The quantitative estimate of drug-likeness (QED) is 0.612. The molecule has 1 rings (SSSR count). The topological polar surface area (TPSA) is 0 Å². The van der Waals surface area contributed by atoms with E-state index in [2.05, 4.69) is 44.0 Å². The second kappa shape index (κ2) is 3.49. The Morgan fingerprint density at radius 1 is 0.846 bits per heavy atom. The second-order valence-electron chi connectivity index (χ2n) is 4.62. The van der Waals surface area contributed by atoms with Gasteiger partial charge in [0.15, 0.2) is 0 Å². The Morgan fingerprint density at radius 2 is 1.15 bits per heavy atom.